The van der Waals surface area contributed by atoms with Gasteiger partial charge in [0.1, 0.15) is 11.6 Å². The van der Waals surface area contributed by atoms with E-state index < -0.39 is 5.97 Å². The summed E-state index contributed by atoms with van der Waals surface area (Å²) in [6.45, 7) is 3.43. The Morgan fingerprint density at radius 1 is 1.67 bits per heavy atom. The molecule has 0 radical (unpaired) electrons. The second-order valence-corrected chi connectivity index (χ2v) is 4.35. The molecule has 0 amide bonds. The number of aromatic nitrogens is 2. The number of methoxy groups -OCH3 is 1. The van der Waals surface area contributed by atoms with E-state index in [0.29, 0.717) is 18.8 Å². The highest BCUT2D eigenvalue weighted by molar-refractivity contribution is 5.92. The third kappa shape index (κ3) is 2.33. The van der Waals surface area contributed by atoms with Gasteiger partial charge in [-0.2, -0.15) is 0 Å². The molecule has 1 unspecified atom stereocenters. The van der Waals surface area contributed by atoms with Crippen molar-refractivity contribution in [2.75, 3.05) is 19.5 Å². The minimum Gasteiger partial charge on any atom is -0.464 e. The summed E-state index contributed by atoms with van der Waals surface area (Å²) in [5.41, 5.74) is 6.18. The molecule has 0 aromatic carbocycles. The van der Waals surface area contributed by atoms with Gasteiger partial charge in [0.05, 0.1) is 19.8 Å². The number of rotatable bonds is 4. The lowest BCUT2D eigenvalue weighted by Gasteiger charge is -2.13. The molecular weight excluding hydrogens is 234 g/mol. The lowest BCUT2D eigenvalue weighted by atomic mass is 10.2. The fourth-order valence-corrected chi connectivity index (χ4v) is 2.23. The molecule has 1 saturated heterocycles. The van der Waals surface area contributed by atoms with Crippen molar-refractivity contribution in [3.8, 4) is 0 Å². The summed E-state index contributed by atoms with van der Waals surface area (Å²) in [5.74, 6) is 0.672. The van der Waals surface area contributed by atoms with E-state index in [4.69, 9.17) is 10.5 Å². The minimum atomic E-state index is -0.492. The van der Waals surface area contributed by atoms with Crippen LogP contribution >= 0.6 is 0 Å². The number of aryl methyl sites for hydroxylation is 1. The molecule has 0 saturated carbocycles. The molecule has 2 rings (SSSR count). The molecule has 0 aliphatic carbocycles. The Morgan fingerprint density at radius 2 is 2.44 bits per heavy atom. The molecule has 6 nitrogen and oxygen atoms in total. The highest BCUT2D eigenvalue weighted by Crippen LogP contribution is 2.21. The van der Waals surface area contributed by atoms with Gasteiger partial charge in [0.2, 0.25) is 0 Å². The monoisotopic (exact) mass is 253 g/mol. The predicted molar refractivity (Wildman–Crippen MR) is 66.3 cm³/mol. The molecule has 0 bridgehead atoms. The first kappa shape index (κ1) is 12.9. The number of nitrogens with two attached hydrogens (primary N) is 1. The van der Waals surface area contributed by atoms with Crippen molar-refractivity contribution in [1.29, 1.82) is 0 Å². The van der Waals surface area contributed by atoms with Crippen molar-refractivity contribution in [1.82, 2.24) is 9.55 Å². The molecule has 1 aliphatic heterocycles. The molecule has 18 heavy (non-hydrogen) atoms. The standard InChI is InChI=1S/C12H19N3O3/c1-3-9-14-10(12(16)17-2)11(13)15(9)7-8-5-4-6-18-8/h8H,3-7,13H2,1-2H3. The summed E-state index contributed by atoms with van der Waals surface area (Å²) in [5, 5.41) is 0. The Bertz CT molecular complexity index is 436. The van der Waals surface area contributed by atoms with E-state index in [0.717, 1.165) is 25.3 Å². The van der Waals surface area contributed by atoms with Crippen LogP contribution in [-0.4, -0.2) is 35.3 Å². The zero-order chi connectivity index (χ0) is 13.1. The van der Waals surface area contributed by atoms with Crippen LogP contribution in [0.2, 0.25) is 0 Å². The average Bonchev–Trinajstić information content (AvgIpc) is 2.99. The van der Waals surface area contributed by atoms with Gasteiger partial charge in [-0.15, -0.1) is 0 Å². The van der Waals surface area contributed by atoms with Gasteiger partial charge < -0.3 is 19.8 Å². The Balaban J connectivity index is 2.26. The van der Waals surface area contributed by atoms with Gasteiger partial charge >= 0.3 is 5.97 Å². The van der Waals surface area contributed by atoms with Crippen molar-refractivity contribution in [2.45, 2.75) is 38.8 Å². The lowest BCUT2D eigenvalue weighted by molar-refractivity contribution is 0.0595. The average molecular weight is 253 g/mol. The molecule has 1 atom stereocenters. The van der Waals surface area contributed by atoms with Crippen LogP contribution in [-0.2, 0) is 22.4 Å². The van der Waals surface area contributed by atoms with Crippen LogP contribution in [0, 0.1) is 0 Å². The highest BCUT2D eigenvalue weighted by atomic mass is 16.5. The smallest absolute Gasteiger partial charge is 0.360 e. The molecule has 1 fully saturated rings. The van der Waals surface area contributed by atoms with E-state index >= 15 is 0 Å². The molecule has 1 aromatic rings. The molecule has 1 aliphatic rings. The summed E-state index contributed by atoms with van der Waals surface area (Å²) in [6, 6.07) is 0. The Morgan fingerprint density at radius 3 is 3.00 bits per heavy atom. The van der Waals surface area contributed by atoms with Crippen molar-refractivity contribution < 1.29 is 14.3 Å². The summed E-state index contributed by atoms with van der Waals surface area (Å²) in [7, 11) is 1.33. The minimum absolute atomic E-state index is 0.164. The van der Waals surface area contributed by atoms with Crippen molar-refractivity contribution >= 4 is 11.8 Å². The van der Waals surface area contributed by atoms with E-state index in [2.05, 4.69) is 9.72 Å². The van der Waals surface area contributed by atoms with Crippen LogP contribution in [0.5, 0.6) is 0 Å². The van der Waals surface area contributed by atoms with E-state index in [1.807, 2.05) is 11.5 Å². The lowest BCUT2D eigenvalue weighted by Crippen LogP contribution is -2.18. The van der Waals surface area contributed by atoms with Gasteiger partial charge in [0.25, 0.3) is 0 Å². The maximum absolute atomic E-state index is 11.5. The van der Waals surface area contributed by atoms with Crippen LogP contribution in [0.15, 0.2) is 0 Å². The second kappa shape index (κ2) is 5.39. The Kier molecular flexibility index (Phi) is 3.86. The third-order valence-electron chi connectivity index (χ3n) is 3.19. The summed E-state index contributed by atoms with van der Waals surface area (Å²) in [4.78, 5) is 15.8. The highest BCUT2D eigenvalue weighted by Gasteiger charge is 2.23. The van der Waals surface area contributed by atoms with Gasteiger partial charge in [0, 0.05) is 13.0 Å². The first-order valence-electron chi connectivity index (χ1n) is 6.22. The number of anilines is 1. The van der Waals surface area contributed by atoms with Crippen LogP contribution in [0.25, 0.3) is 0 Å². The Hall–Kier alpha value is -1.56. The van der Waals surface area contributed by atoms with E-state index in [9.17, 15) is 4.79 Å². The first-order chi connectivity index (χ1) is 8.67. The van der Waals surface area contributed by atoms with Gasteiger partial charge in [0.15, 0.2) is 5.69 Å². The number of nitrogen functional groups attached to an aromatic ring is 1. The maximum Gasteiger partial charge on any atom is 0.360 e. The number of carbonyl (C=O) groups is 1. The number of carbonyl (C=O) groups excluding carboxylic acids is 1. The fraction of sp³-hybridized carbons (Fsp3) is 0.667. The molecule has 6 heteroatoms. The van der Waals surface area contributed by atoms with Crippen LogP contribution in [0.3, 0.4) is 0 Å². The molecule has 2 heterocycles. The number of ether oxygens (including phenoxy) is 2. The summed E-state index contributed by atoms with van der Waals surface area (Å²) < 4.78 is 12.1. The zero-order valence-corrected chi connectivity index (χ0v) is 10.8. The van der Waals surface area contributed by atoms with E-state index in [1.54, 1.807) is 0 Å². The van der Waals surface area contributed by atoms with Crippen LogP contribution in [0.1, 0.15) is 36.1 Å². The number of esters is 1. The quantitative estimate of drug-likeness (QED) is 0.809. The SMILES string of the molecule is CCc1nc(C(=O)OC)c(N)n1CC1CCCO1. The largest absolute Gasteiger partial charge is 0.464 e. The predicted octanol–water partition coefficient (Wildman–Crippen LogP) is 0.993. The molecule has 100 valence electrons. The molecular formula is C12H19N3O3. The van der Waals surface area contributed by atoms with Crippen molar-refractivity contribution in [2.24, 2.45) is 0 Å². The topological polar surface area (TPSA) is 79.4 Å². The first-order valence-corrected chi connectivity index (χ1v) is 6.22. The van der Waals surface area contributed by atoms with Gasteiger partial charge in [-0.1, -0.05) is 6.92 Å². The number of imidazole rings is 1. The van der Waals surface area contributed by atoms with Gasteiger partial charge in [-0.25, -0.2) is 9.78 Å². The Labute approximate surface area is 106 Å². The van der Waals surface area contributed by atoms with Crippen LogP contribution < -0.4 is 5.73 Å². The third-order valence-corrected chi connectivity index (χ3v) is 3.19. The number of hydrogen-bond donors (Lipinski definition) is 1. The second-order valence-electron chi connectivity index (χ2n) is 4.35. The van der Waals surface area contributed by atoms with E-state index in [-0.39, 0.29) is 11.8 Å². The van der Waals surface area contributed by atoms with Crippen LogP contribution in [0.4, 0.5) is 5.82 Å². The summed E-state index contributed by atoms with van der Waals surface area (Å²) >= 11 is 0. The fourth-order valence-electron chi connectivity index (χ4n) is 2.23. The van der Waals surface area contributed by atoms with Gasteiger partial charge in [-0.3, -0.25) is 0 Å². The van der Waals surface area contributed by atoms with Crippen molar-refractivity contribution in [3.63, 3.8) is 0 Å². The number of hydrogen-bond acceptors (Lipinski definition) is 5. The normalized spacial score (nSPS) is 19.1. The summed E-state index contributed by atoms with van der Waals surface area (Å²) in [6.07, 6.45) is 2.98. The molecule has 2 N–H and O–H groups in total. The van der Waals surface area contributed by atoms with Gasteiger partial charge in [-0.05, 0) is 12.8 Å². The molecule has 0 spiro atoms. The maximum atomic E-state index is 11.5. The zero-order valence-electron chi connectivity index (χ0n) is 10.8. The van der Waals surface area contributed by atoms with Crippen molar-refractivity contribution in [3.05, 3.63) is 11.5 Å². The van der Waals surface area contributed by atoms with E-state index in [1.165, 1.54) is 7.11 Å². The number of nitrogens with zero attached hydrogens (tertiary/aromatic N) is 2. The molecule has 1 aromatic heterocycles.